The Hall–Kier alpha value is -1.32. The highest BCUT2D eigenvalue weighted by atomic mass is 35.5. The first-order valence-corrected chi connectivity index (χ1v) is 5.57. The first-order chi connectivity index (χ1) is 7.76. The van der Waals surface area contributed by atoms with Crippen molar-refractivity contribution in [2.75, 3.05) is 0 Å². The van der Waals surface area contributed by atoms with Crippen LogP contribution in [0.15, 0.2) is 28.7 Å². The fourth-order valence-corrected chi connectivity index (χ4v) is 1.82. The minimum atomic E-state index is 0.303. The van der Waals surface area contributed by atoms with Crippen LogP contribution >= 0.6 is 11.6 Å². The molecule has 0 fully saturated rings. The lowest BCUT2D eigenvalue weighted by atomic mass is 10.1. The summed E-state index contributed by atoms with van der Waals surface area (Å²) in [5.41, 5.74) is 7.21. The van der Waals surface area contributed by atoms with Gasteiger partial charge in [0.2, 0.25) is 5.89 Å². The van der Waals surface area contributed by atoms with E-state index in [-0.39, 0.29) is 0 Å². The third-order valence-corrected chi connectivity index (χ3v) is 2.70. The molecule has 0 saturated heterocycles. The minimum absolute atomic E-state index is 0.303. The summed E-state index contributed by atoms with van der Waals surface area (Å²) in [5.74, 6) is 1.38. The molecule has 0 spiro atoms. The summed E-state index contributed by atoms with van der Waals surface area (Å²) in [4.78, 5) is 4.35. The molecule has 0 amide bonds. The summed E-state index contributed by atoms with van der Waals surface area (Å²) >= 11 is 6.13. The lowest BCUT2D eigenvalue weighted by molar-refractivity contribution is 0.461. The molecule has 2 N–H and O–H groups in total. The maximum Gasteiger partial charge on any atom is 0.208 e. The fraction of sp³-hybridized carbons (Fsp3) is 0.250. The SMILES string of the molecule is CCc1oc(CN)nc1-c1ccccc1Cl. The molecule has 84 valence electrons. The van der Waals surface area contributed by atoms with Gasteiger partial charge in [-0.3, -0.25) is 0 Å². The van der Waals surface area contributed by atoms with Crippen LogP contribution in [0.2, 0.25) is 5.02 Å². The third kappa shape index (κ3) is 1.96. The fourth-order valence-electron chi connectivity index (χ4n) is 1.59. The molecular weight excluding hydrogens is 224 g/mol. The van der Waals surface area contributed by atoms with Crippen LogP contribution in [0, 0.1) is 0 Å². The summed E-state index contributed by atoms with van der Waals surface area (Å²) in [6.45, 7) is 2.32. The second kappa shape index (κ2) is 4.68. The van der Waals surface area contributed by atoms with E-state index in [4.69, 9.17) is 21.8 Å². The van der Waals surface area contributed by atoms with Crippen molar-refractivity contribution in [2.45, 2.75) is 19.9 Å². The van der Waals surface area contributed by atoms with E-state index in [1.54, 1.807) is 0 Å². The molecule has 0 bridgehead atoms. The van der Waals surface area contributed by atoms with E-state index in [9.17, 15) is 0 Å². The van der Waals surface area contributed by atoms with Gasteiger partial charge in [-0.05, 0) is 6.07 Å². The van der Waals surface area contributed by atoms with Crippen molar-refractivity contribution in [1.82, 2.24) is 4.98 Å². The summed E-state index contributed by atoms with van der Waals surface area (Å²) in [5, 5.41) is 0.675. The normalized spacial score (nSPS) is 10.7. The number of hydrogen-bond donors (Lipinski definition) is 1. The smallest absolute Gasteiger partial charge is 0.208 e. The highest BCUT2D eigenvalue weighted by Gasteiger charge is 2.14. The molecular formula is C12H13ClN2O. The Kier molecular flexibility index (Phi) is 3.27. The van der Waals surface area contributed by atoms with Crippen LogP contribution in [0.3, 0.4) is 0 Å². The lowest BCUT2D eigenvalue weighted by Crippen LogP contribution is -1.95. The molecule has 1 aromatic heterocycles. The Morgan fingerprint density at radius 1 is 1.38 bits per heavy atom. The monoisotopic (exact) mass is 236 g/mol. The van der Waals surface area contributed by atoms with E-state index in [1.165, 1.54) is 0 Å². The minimum Gasteiger partial charge on any atom is -0.444 e. The summed E-state index contributed by atoms with van der Waals surface area (Å²) in [6.07, 6.45) is 0.771. The van der Waals surface area contributed by atoms with Crippen molar-refractivity contribution in [2.24, 2.45) is 5.73 Å². The van der Waals surface area contributed by atoms with E-state index in [0.29, 0.717) is 17.5 Å². The van der Waals surface area contributed by atoms with Gasteiger partial charge in [0.15, 0.2) is 0 Å². The van der Waals surface area contributed by atoms with Crippen LogP contribution < -0.4 is 5.73 Å². The second-order valence-corrected chi connectivity index (χ2v) is 3.82. The van der Waals surface area contributed by atoms with Crippen molar-refractivity contribution in [3.05, 3.63) is 40.9 Å². The Labute approximate surface area is 99.2 Å². The Morgan fingerprint density at radius 2 is 2.12 bits per heavy atom. The first-order valence-electron chi connectivity index (χ1n) is 5.19. The average molecular weight is 237 g/mol. The molecule has 0 aliphatic heterocycles. The number of aryl methyl sites for hydroxylation is 1. The zero-order chi connectivity index (χ0) is 11.5. The van der Waals surface area contributed by atoms with Gasteiger partial charge in [-0.1, -0.05) is 36.7 Å². The zero-order valence-corrected chi connectivity index (χ0v) is 9.79. The first kappa shape index (κ1) is 11.2. The van der Waals surface area contributed by atoms with E-state index in [2.05, 4.69) is 4.98 Å². The van der Waals surface area contributed by atoms with E-state index in [0.717, 1.165) is 23.4 Å². The number of aromatic nitrogens is 1. The van der Waals surface area contributed by atoms with Gasteiger partial charge < -0.3 is 10.2 Å². The van der Waals surface area contributed by atoms with Crippen molar-refractivity contribution >= 4 is 11.6 Å². The molecule has 0 aliphatic rings. The van der Waals surface area contributed by atoms with Gasteiger partial charge in [0.25, 0.3) is 0 Å². The summed E-state index contributed by atoms with van der Waals surface area (Å²) in [6, 6.07) is 7.59. The standard InChI is InChI=1S/C12H13ClN2O/c1-2-10-12(15-11(7-14)16-10)8-5-3-4-6-9(8)13/h3-6H,2,7,14H2,1H3. The third-order valence-electron chi connectivity index (χ3n) is 2.37. The van der Waals surface area contributed by atoms with Crippen LogP contribution in [0.4, 0.5) is 0 Å². The molecule has 0 radical (unpaired) electrons. The Balaban J connectivity index is 2.54. The highest BCUT2D eigenvalue weighted by Crippen LogP contribution is 2.30. The lowest BCUT2D eigenvalue weighted by Gasteiger charge is -2.00. The average Bonchev–Trinajstić information content (AvgIpc) is 2.72. The van der Waals surface area contributed by atoms with Crippen LogP contribution in [0.5, 0.6) is 0 Å². The maximum absolute atomic E-state index is 6.13. The van der Waals surface area contributed by atoms with Crippen molar-refractivity contribution < 1.29 is 4.42 Å². The van der Waals surface area contributed by atoms with Gasteiger partial charge in [0.1, 0.15) is 11.5 Å². The quantitative estimate of drug-likeness (QED) is 0.891. The molecule has 1 aromatic carbocycles. The molecule has 2 aromatic rings. The van der Waals surface area contributed by atoms with Gasteiger partial charge in [0, 0.05) is 12.0 Å². The number of rotatable bonds is 3. The molecule has 3 nitrogen and oxygen atoms in total. The number of nitrogens with zero attached hydrogens (tertiary/aromatic N) is 1. The highest BCUT2D eigenvalue weighted by molar-refractivity contribution is 6.33. The zero-order valence-electron chi connectivity index (χ0n) is 9.03. The van der Waals surface area contributed by atoms with Gasteiger partial charge in [-0.15, -0.1) is 0 Å². The molecule has 16 heavy (non-hydrogen) atoms. The van der Waals surface area contributed by atoms with Gasteiger partial charge in [-0.2, -0.15) is 0 Å². The number of oxazole rings is 1. The van der Waals surface area contributed by atoms with Gasteiger partial charge in [-0.25, -0.2) is 4.98 Å². The topological polar surface area (TPSA) is 52.0 Å². The number of hydrogen-bond acceptors (Lipinski definition) is 3. The molecule has 2 rings (SSSR count). The van der Waals surface area contributed by atoms with E-state index in [1.807, 2.05) is 31.2 Å². The van der Waals surface area contributed by atoms with Crippen LogP contribution in [-0.4, -0.2) is 4.98 Å². The predicted molar refractivity (Wildman–Crippen MR) is 64.2 cm³/mol. The van der Waals surface area contributed by atoms with Crippen LogP contribution in [0.25, 0.3) is 11.3 Å². The molecule has 1 heterocycles. The number of benzene rings is 1. The second-order valence-electron chi connectivity index (χ2n) is 3.42. The van der Waals surface area contributed by atoms with Gasteiger partial charge >= 0.3 is 0 Å². The Morgan fingerprint density at radius 3 is 2.75 bits per heavy atom. The van der Waals surface area contributed by atoms with Crippen molar-refractivity contribution in [3.8, 4) is 11.3 Å². The summed E-state index contributed by atoms with van der Waals surface area (Å²) in [7, 11) is 0. The maximum atomic E-state index is 6.13. The largest absolute Gasteiger partial charge is 0.444 e. The van der Waals surface area contributed by atoms with Gasteiger partial charge in [0.05, 0.1) is 11.6 Å². The molecule has 0 saturated carbocycles. The number of halogens is 1. The van der Waals surface area contributed by atoms with Crippen molar-refractivity contribution in [1.29, 1.82) is 0 Å². The van der Waals surface area contributed by atoms with Crippen LogP contribution in [-0.2, 0) is 13.0 Å². The van der Waals surface area contributed by atoms with Crippen LogP contribution in [0.1, 0.15) is 18.6 Å². The Bertz CT molecular complexity index is 494. The van der Waals surface area contributed by atoms with Crippen molar-refractivity contribution in [3.63, 3.8) is 0 Å². The predicted octanol–water partition coefficient (Wildman–Crippen LogP) is 3.02. The molecule has 0 aliphatic carbocycles. The molecule has 0 atom stereocenters. The molecule has 0 unspecified atom stereocenters. The number of nitrogens with two attached hydrogens (primary N) is 1. The molecule has 4 heteroatoms. The van der Waals surface area contributed by atoms with E-state index < -0.39 is 0 Å². The summed E-state index contributed by atoms with van der Waals surface area (Å²) < 4.78 is 5.53. The van der Waals surface area contributed by atoms with E-state index >= 15 is 0 Å².